The smallest absolute Gasteiger partial charge is 0.185 e. The first-order valence-electron chi connectivity index (χ1n) is 8.23. The highest BCUT2D eigenvalue weighted by atomic mass is 32.1. The molecule has 6 heteroatoms. The predicted octanol–water partition coefficient (Wildman–Crippen LogP) is 2.66. The summed E-state index contributed by atoms with van der Waals surface area (Å²) in [5, 5.41) is 1.06. The number of anilines is 1. The first kappa shape index (κ1) is 17.2. The van der Waals surface area contributed by atoms with Crippen molar-refractivity contribution >= 4 is 16.5 Å². The Hall–Kier alpha value is -1.63. The van der Waals surface area contributed by atoms with Crippen LogP contribution in [-0.2, 0) is 17.7 Å². The third-order valence-electron chi connectivity index (χ3n) is 4.12. The van der Waals surface area contributed by atoms with Gasteiger partial charge in [-0.2, -0.15) is 0 Å². The van der Waals surface area contributed by atoms with Gasteiger partial charge in [-0.15, -0.1) is 11.3 Å². The lowest BCUT2D eigenvalue weighted by Gasteiger charge is -2.32. The lowest BCUT2D eigenvalue weighted by Crippen LogP contribution is -2.42. The summed E-state index contributed by atoms with van der Waals surface area (Å²) in [6, 6.07) is 8.24. The number of morpholine rings is 1. The summed E-state index contributed by atoms with van der Waals surface area (Å²) in [5.41, 5.74) is 1.26. The minimum absolute atomic E-state index is 0.229. The average Bonchev–Trinajstić information content (AvgIpc) is 3.04. The van der Waals surface area contributed by atoms with E-state index >= 15 is 0 Å². The normalized spacial score (nSPS) is 18.5. The molecular weight excluding hydrogens is 322 g/mol. The summed E-state index contributed by atoms with van der Waals surface area (Å²) in [6.07, 6.45) is 3.14. The summed E-state index contributed by atoms with van der Waals surface area (Å²) in [7, 11) is 5.76. The maximum Gasteiger partial charge on any atom is 0.185 e. The molecule has 0 spiro atoms. The molecule has 1 aliphatic heterocycles. The molecule has 3 rings (SSSR count). The van der Waals surface area contributed by atoms with Crippen molar-refractivity contribution in [2.75, 3.05) is 45.8 Å². The van der Waals surface area contributed by atoms with Crippen LogP contribution in [0.15, 0.2) is 30.5 Å². The lowest BCUT2D eigenvalue weighted by atomic mass is 10.1. The molecule has 0 radical (unpaired) electrons. The second-order valence-corrected chi connectivity index (χ2v) is 7.38. The SMILES string of the molecule is COc1cccc(C[C@@H]2CN(Cc3cnc(N(C)C)s3)CCO2)c1. The number of hydrogen-bond acceptors (Lipinski definition) is 6. The standard InChI is InChI=1S/C18H25N3O2S/c1-20(2)18-19-11-17(24-18)13-21-7-8-23-16(12-21)10-14-5-4-6-15(9-14)22-3/h4-6,9,11,16H,7-8,10,12-13H2,1-3H3/t16-/m1/s1. The van der Waals surface area contributed by atoms with Crippen LogP contribution in [0.5, 0.6) is 5.75 Å². The molecule has 1 aliphatic rings. The van der Waals surface area contributed by atoms with Crippen LogP contribution in [-0.4, -0.2) is 56.9 Å². The van der Waals surface area contributed by atoms with E-state index in [2.05, 4.69) is 26.9 Å². The van der Waals surface area contributed by atoms with Gasteiger partial charge in [-0.3, -0.25) is 4.90 Å². The van der Waals surface area contributed by atoms with Gasteiger partial charge in [0, 0.05) is 51.2 Å². The molecule has 0 unspecified atom stereocenters. The van der Waals surface area contributed by atoms with Gasteiger partial charge >= 0.3 is 0 Å². The predicted molar refractivity (Wildman–Crippen MR) is 98.2 cm³/mol. The zero-order valence-electron chi connectivity index (χ0n) is 14.6. The second-order valence-electron chi connectivity index (χ2n) is 6.29. The minimum Gasteiger partial charge on any atom is -0.497 e. The molecule has 1 atom stereocenters. The Labute approximate surface area is 147 Å². The summed E-state index contributed by atoms with van der Waals surface area (Å²) >= 11 is 1.76. The van der Waals surface area contributed by atoms with Gasteiger partial charge in [-0.25, -0.2) is 4.98 Å². The van der Waals surface area contributed by atoms with Crippen molar-refractivity contribution < 1.29 is 9.47 Å². The van der Waals surface area contributed by atoms with Crippen LogP contribution in [0.4, 0.5) is 5.13 Å². The quantitative estimate of drug-likeness (QED) is 0.803. The monoisotopic (exact) mass is 347 g/mol. The Bertz CT molecular complexity index is 659. The van der Waals surface area contributed by atoms with Crippen LogP contribution in [0.25, 0.3) is 0 Å². The van der Waals surface area contributed by atoms with E-state index in [1.165, 1.54) is 10.4 Å². The molecule has 1 aromatic heterocycles. The lowest BCUT2D eigenvalue weighted by molar-refractivity contribution is -0.0302. The van der Waals surface area contributed by atoms with Crippen LogP contribution >= 0.6 is 11.3 Å². The van der Waals surface area contributed by atoms with Gasteiger partial charge in [-0.1, -0.05) is 12.1 Å². The van der Waals surface area contributed by atoms with E-state index in [4.69, 9.17) is 9.47 Å². The van der Waals surface area contributed by atoms with E-state index < -0.39 is 0 Å². The molecule has 0 N–H and O–H groups in total. The minimum atomic E-state index is 0.229. The van der Waals surface area contributed by atoms with Crippen LogP contribution in [0.2, 0.25) is 0 Å². The first-order chi connectivity index (χ1) is 11.6. The Balaban J connectivity index is 1.57. The Morgan fingerprint density at radius 1 is 1.42 bits per heavy atom. The summed E-state index contributed by atoms with van der Waals surface area (Å²) in [5.74, 6) is 0.904. The fraction of sp³-hybridized carbons (Fsp3) is 0.500. The molecule has 2 heterocycles. The average molecular weight is 347 g/mol. The van der Waals surface area contributed by atoms with Crippen LogP contribution < -0.4 is 9.64 Å². The zero-order chi connectivity index (χ0) is 16.9. The van der Waals surface area contributed by atoms with Gasteiger partial charge in [0.15, 0.2) is 5.13 Å². The number of rotatable bonds is 6. The molecule has 24 heavy (non-hydrogen) atoms. The highest BCUT2D eigenvalue weighted by Crippen LogP contribution is 2.23. The first-order valence-corrected chi connectivity index (χ1v) is 9.04. The fourth-order valence-corrected chi connectivity index (χ4v) is 3.78. The van der Waals surface area contributed by atoms with E-state index in [1.807, 2.05) is 32.4 Å². The van der Waals surface area contributed by atoms with E-state index in [0.29, 0.717) is 0 Å². The van der Waals surface area contributed by atoms with Gasteiger partial charge < -0.3 is 14.4 Å². The third-order valence-corrected chi connectivity index (χ3v) is 5.27. The number of methoxy groups -OCH3 is 1. The fourth-order valence-electron chi connectivity index (χ4n) is 2.91. The van der Waals surface area contributed by atoms with Gasteiger partial charge in [0.05, 0.1) is 19.8 Å². The maximum absolute atomic E-state index is 5.96. The van der Waals surface area contributed by atoms with Crippen molar-refractivity contribution in [3.8, 4) is 5.75 Å². The number of hydrogen-bond donors (Lipinski definition) is 0. The third kappa shape index (κ3) is 4.47. The molecule has 0 amide bonds. The number of aromatic nitrogens is 1. The highest BCUT2D eigenvalue weighted by Gasteiger charge is 2.21. The molecular formula is C18H25N3O2S. The van der Waals surface area contributed by atoms with Gasteiger partial charge in [0.2, 0.25) is 0 Å². The number of benzene rings is 1. The number of thiazole rings is 1. The van der Waals surface area contributed by atoms with Crippen molar-refractivity contribution in [1.29, 1.82) is 0 Å². The molecule has 0 aliphatic carbocycles. The van der Waals surface area contributed by atoms with Crippen LogP contribution in [0, 0.1) is 0 Å². The van der Waals surface area contributed by atoms with E-state index in [-0.39, 0.29) is 6.10 Å². The zero-order valence-corrected chi connectivity index (χ0v) is 15.4. The van der Waals surface area contributed by atoms with Gasteiger partial charge in [0.1, 0.15) is 5.75 Å². The van der Waals surface area contributed by atoms with Crippen LogP contribution in [0.3, 0.4) is 0 Å². The van der Waals surface area contributed by atoms with Crippen molar-refractivity contribution in [1.82, 2.24) is 9.88 Å². The summed E-state index contributed by atoms with van der Waals surface area (Å²) < 4.78 is 11.3. The molecule has 1 fully saturated rings. The van der Waals surface area contributed by atoms with E-state index in [1.54, 1.807) is 18.4 Å². The Morgan fingerprint density at radius 2 is 2.29 bits per heavy atom. The molecule has 5 nitrogen and oxygen atoms in total. The number of nitrogens with zero attached hydrogens (tertiary/aromatic N) is 3. The molecule has 0 saturated carbocycles. The van der Waals surface area contributed by atoms with Crippen molar-refractivity contribution in [3.05, 3.63) is 40.9 Å². The summed E-state index contributed by atoms with van der Waals surface area (Å²) in [6.45, 7) is 3.66. The largest absolute Gasteiger partial charge is 0.497 e. The van der Waals surface area contributed by atoms with Gasteiger partial charge in [0.25, 0.3) is 0 Å². The molecule has 2 aromatic rings. The van der Waals surface area contributed by atoms with Crippen molar-refractivity contribution in [2.24, 2.45) is 0 Å². The van der Waals surface area contributed by atoms with E-state index in [9.17, 15) is 0 Å². The molecule has 0 bridgehead atoms. The Kier molecular flexibility index (Phi) is 5.71. The van der Waals surface area contributed by atoms with E-state index in [0.717, 1.165) is 43.5 Å². The number of ether oxygens (including phenoxy) is 2. The Morgan fingerprint density at radius 3 is 3.04 bits per heavy atom. The van der Waals surface area contributed by atoms with Crippen LogP contribution in [0.1, 0.15) is 10.4 Å². The molecule has 1 saturated heterocycles. The molecule has 130 valence electrons. The van der Waals surface area contributed by atoms with Crippen molar-refractivity contribution in [2.45, 2.75) is 19.1 Å². The topological polar surface area (TPSA) is 37.8 Å². The highest BCUT2D eigenvalue weighted by molar-refractivity contribution is 7.15. The molecule has 1 aromatic carbocycles. The van der Waals surface area contributed by atoms with Gasteiger partial charge in [-0.05, 0) is 17.7 Å². The second kappa shape index (κ2) is 7.96. The summed E-state index contributed by atoms with van der Waals surface area (Å²) in [4.78, 5) is 10.3. The maximum atomic E-state index is 5.96. The van der Waals surface area contributed by atoms with Crippen molar-refractivity contribution in [3.63, 3.8) is 0 Å².